The number of hydrogen-bond acceptors (Lipinski definition) is 6. The van der Waals surface area contributed by atoms with E-state index in [9.17, 15) is 53.9 Å². The summed E-state index contributed by atoms with van der Waals surface area (Å²) >= 11 is 0. The van der Waals surface area contributed by atoms with Crippen LogP contribution in [-0.2, 0) is 28.6 Å². The molecule has 1 atom stereocenters. The maximum Gasteiger partial charge on any atom is 0.460 e. The minimum Gasteiger partial charge on any atom is -0.465 e. The minimum absolute atomic E-state index is 0.104. The fourth-order valence-corrected chi connectivity index (χ4v) is 3.23. The van der Waals surface area contributed by atoms with Crippen molar-refractivity contribution in [1.29, 1.82) is 0 Å². The molecule has 0 rings (SSSR count). The van der Waals surface area contributed by atoms with Crippen molar-refractivity contribution in [3.63, 3.8) is 0 Å². The van der Waals surface area contributed by atoms with Gasteiger partial charge in [-0.25, -0.2) is 0 Å². The summed E-state index contributed by atoms with van der Waals surface area (Å²) in [6.07, 6.45) is -9.60. The Balaban J connectivity index is 4.85. The smallest absolute Gasteiger partial charge is 0.460 e. The third-order valence-corrected chi connectivity index (χ3v) is 6.23. The summed E-state index contributed by atoms with van der Waals surface area (Å²) < 4.78 is 129. The molecule has 37 heavy (non-hydrogen) atoms. The summed E-state index contributed by atoms with van der Waals surface area (Å²) in [4.78, 5) is 35.9. The second-order valence-electron chi connectivity index (χ2n) is 9.73. The third-order valence-electron chi connectivity index (χ3n) is 6.23. The Labute approximate surface area is 208 Å². The van der Waals surface area contributed by atoms with Crippen LogP contribution in [0, 0.1) is 16.7 Å². The van der Waals surface area contributed by atoms with E-state index in [-0.39, 0.29) is 5.92 Å². The van der Waals surface area contributed by atoms with Crippen molar-refractivity contribution in [3.05, 3.63) is 0 Å². The molecule has 0 aliphatic rings. The summed E-state index contributed by atoms with van der Waals surface area (Å²) in [7, 11) is 0. The van der Waals surface area contributed by atoms with E-state index in [4.69, 9.17) is 4.74 Å². The van der Waals surface area contributed by atoms with Gasteiger partial charge >= 0.3 is 41.9 Å². The average Bonchev–Trinajstić information content (AvgIpc) is 2.71. The first kappa shape index (κ1) is 34.8. The van der Waals surface area contributed by atoms with E-state index in [0.29, 0.717) is 12.8 Å². The zero-order valence-electron chi connectivity index (χ0n) is 21.2. The number of carbonyl (C=O) groups is 3. The summed E-state index contributed by atoms with van der Waals surface area (Å²) in [5.41, 5.74) is -1.48. The van der Waals surface area contributed by atoms with Crippen LogP contribution in [0.25, 0.3) is 0 Å². The first-order valence-corrected chi connectivity index (χ1v) is 11.1. The molecule has 6 nitrogen and oxygen atoms in total. The fourth-order valence-electron chi connectivity index (χ4n) is 3.23. The Morgan fingerprint density at radius 2 is 1.24 bits per heavy atom. The normalized spacial score (nSPS) is 15.2. The molecule has 0 fully saturated rings. The number of hydrogen-bond donors (Lipinski definition) is 0. The molecule has 0 heterocycles. The van der Waals surface area contributed by atoms with Crippen LogP contribution in [0.15, 0.2) is 0 Å². The number of alkyl halides is 9. The molecule has 0 spiro atoms. The second-order valence-corrected chi connectivity index (χ2v) is 9.73. The van der Waals surface area contributed by atoms with Gasteiger partial charge in [0.25, 0.3) is 0 Å². The number of halogens is 9. The van der Waals surface area contributed by atoms with Gasteiger partial charge in [-0.15, -0.1) is 0 Å². The molecule has 15 heteroatoms. The van der Waals surface area contributed by atoms with Crippen molar-refractivity contribution in [2.75, 3.05) is 13.4 Å². The molecule has 0 saturated carbocycles. The average molecular weight is 562 g/mol. The van der Waals surface area contributed by atoms with Crippen molar-refractivity contribution in [3.8, 4) is 0 Å². The lowest BCUT2D eigenvalue weighted by atomic mass is 9.62. The Hall–Kier alpha value is -2.22. The van der Waals surface area contributed by atoms with Crippen molar-refractivity contribution in [1.82, 2.24) is 0 Å². The predicted octanol–water partition coefficient (Wildman–Crippen LogP) is 6.31. The monoisotopic (exact) mass is 562 g/mol. The Morgan fingerprint density at radius 1 is 0.757 bits per heavy atom. The van der Waals surface area contributed by atoms with Crippen LogP contribution in [0.4, 0.5) is 39.5 Å². The summed E-state index contributed by atoms with van der Waals surface area (Å²) in [5.74, 6) is -23.4. The van der Waals surface area contributed by atoms with Crippen LogP contribution in [-0.4, -0.2) is 55.3 Å². The van der Waals surface area contributed by atoms with E-state index in [0.717, 1.165) is 0 Å². The van der Waals surface area contributed by atoms with Crippen LogP contribution >= 0.6 is 0 Å². The zero-order valence-corrected chi connectivity index (χ0v) is 21.2. The highest BCUT2D eigenvalue weighted by atomic mass is 19.4. The first-order chi connectivity index (χ1) is 16.4. The zero-order chi connectivity index (χ0) is 29.7. The lowest BCUT2D eigenvalue weighted by molar-refractivity contribution is -0.397. The fraction of sp³-hybridized carbons (Fsp3) is 0.864. The Bertz CT molecular complexity index is 809. The van der Waals surface area contributed by atoms with Crippen molar-refractivity contribution >= 4 is 17.9 Å². The van der Waals surface area contributed by atoms with E-state index in [1.165, 1.54) is 0 Å². The van der Waals surface area contributed by atoms with Gasteiger partial charge in [0.2, 0.25) is 6.79 Å². The first-order valence-electron chi connectivity index (χ1n) is 11.1. The molecule has 1 unspecified atom stereocenters. The molecule has 0 amide bonds. The van der Waals surface area contributed by atoms with E-state index < -0.39 is 78.9 Å². The van der Waals surface area contributed by atoms with Gasteiger partial charge in [0, 0.05) is 0 Å². The van der Waals surface area contributed by atoms with Crippen molar-refractivity contribution < 1.29 is 68.1 Å². The van der Waals surface area contributed by atoms with E-state index >= 15 is 0 Å². The van der Waals surface area contributed by atoms with Gasteiger partial charge in [0.05, 0.1) is 18.4 Å². The summed E-state index contributed by atoms with van der Waals surface area (Å²) in [6, 6.07) is 0. The molecule has 218 valence electrons. The van der Waals surface area contributed by atoms with Crippen LogP contribution in [0.5, 0.6) is 0 Å². The van der Waals surface area contributed by atoms with Gasteiger partial charge in [-0.05, 0) is 31.1 Å². The van der Waals surface area contributed by atoms with Gasteiger partial charge in [-0.2, -0.15) is 39.5 Å². The van der Waals surface area contributed by atoms with Gasteiger partial charge in [0.15, 0.2) is 0 Å². The number of carbonyl (C=O) groups excluding carboxylic acids is 3. The number of ether oxygens (including phenoxy) is 3. The van der Waals surface area contributed by atoms with Gasteiger partial charge in [0.1, 0.15) is 6.42 Å². The molecule has 0 aliphatic carbocycles. The molecule has 0 aromatic rings. The van der Waals surface area contributed by atoms with Gasteiger partial charge in [-0.3, -0.25) is 14.4 Å². The van der Waals surface area contributed by atoms with E-state index in [1.54, 1.807) is 6.92 Å². The molecular weight excluding hydrogens is 531 g/mol. The van der Waals surface area contributed by atoms with E-state index in [1.807, 2.05) is 34.6 Å². The predicted molar refractivity (Wildman–Crippen MR) is 110 cm³/mol. The molecule has 0 bridgehead atoms. The van der Waals surface area contributed by atoms with Crippen molar-refractivity contribution in [2.45, 2.75) is 91.2 Å². The van der Waals surface area contributed by atoms with Crippen LogP contribution in [0.3, 0.4) is 0 Å². The Kier molecular flexibility index (Phi) is 11.4. The Morgan fingerprint density at radius 3 is 1.68 bits per heavy atom. The molecule has 0 aliphatic heterocycles. The quantitative estimate of drug-likeness (QED) is 0.107. The maximum absolute atomic E-state index is 13.4. The standard InChI is InChI=1S/C22H31F9O6/c1-7-17(4,5)18(6,11-13(2)3)16(34)37-12-36-15(33)10-14(32)35-9-8-19(23,24)20(25,26)21(27,28)22(29,30)31/h13H,7-12H2,1-6H3. The van der Waals surface area contributed by atoms with E-state index in [2.05, 4.69) is 9.47 Å². The summed E-state index contributed by atoms with van der Waals surface area (Å²) in [5, 5.41) is 0. The second kappa shape index (κ2) is 12.1. The molecule has 0 N–H and O–H groups in total. The molecule has 0 saturated heterocycles. The molecule has 0 radical (unpaired) electrons. The molecular formula is C22H31F9O6. The summed E-state index contributed by atoms with van der Waals surface area (Å²) in [6.45, 7) is 8.40. The highest BCUT2D eigenvalue weighted by Crippen LogP contribution is 2.54. The highest BCUT2D eigenvalue weighted by Gasteiger charge is 2.81. The van der Waals surface area contributed by atoms with Gasteiger partial charge < -0.3 is 14.2 Å². The molecule has 0 aromatic heterocycles. The maximum atomic E-state index is 13.4. The van der Waals surface area contributed by atoms with Crippen molar-refractivity contribution in [2.24, 2.45) is 16.7 Å². The topological polar surface area (TPSA) is 78.9 Å². The lowest BCUT2D eigenvalue weighted by Gasteiger charge is -2.42. The van der Waals surface area contributed by atoms with Crippen LogP contribution in [0.2, 0.25) is 0 Å². The number of rotatable bonds is 14. The number of esters is 3. The lowest BCUT2D eigenvalue weighted by Crippen LogP contribution is -2.61. The minimum atomic E-state index is -7.06. The highest BCUT2D eigenvalue weighted by molar-refractivity contribution is 5.91. The molecule has 0 aromatic carbocycles. The van der Waals surface area contributed by atoms with Crippen LogP contribution in [0.1, 0.15) is 67.2 Å². The third kappa shape index (κ3) is 8.13. The van der Waals surface area contributed by atoms with Gasteiger partial charge in [-0.1, -0.05) is 34.6 Å². The van der Waals surface area contributed by atoms with Crippen LogP contribution < -0.4 is 0 Å². The SMILES string of the molecule is CCC(C)(C)C(C)(CC(C)C)C(=O)OCOC(=O)CC(=O)OCCC(F)(F)C(F)(F)C(F)(F)C(F)(F)F. The largest absolute Gasteiger partial charge is 0.465 e.